The Morgan fingerprint density at radius 2 is 2.24 bits per heavy atom. The van der Waals surface area contributed by atoms with Crippen LogP contribution in [0.5, 0.6) is 0 Å². The molecule has 1 heterocycles. The molecule has 1 saturated heterocycles. The SMILES string of the molecule is CC(OCC1CCCO1)C(=O)NCC(N)c1ccccc1. The number of nitrogens with two attached hydrogens (primary N) is 1. The van der Waals surface area contributed by atoms with Crippen LogP contribution in [0.1, 0.15) is 31.4 Å². The van der Waals surface area contributed by atoms with E-state index in [-0.39, 0.29) is 18.1 Å². The molecule has 0 saturated carbocycles. The van der Waals surface area contributed by atoms with Crippen molar-refractivity contribution in [1.82, 2.24) is 5.32 Å². The highest BCUT2D eigenvalue weighted by Gasteiger charge is 2.20. The van der Waals surface area contributed by atoms with E-state index in [9.17, 15) is 4.79 Å². The highest BCUT2D eigenvalue weighted by atomic mass is 16.5. The number of carbonyl (C=O) groups is 1. The van der Waals surface area contributed by atoms with Gasteiger partial charge in [0.25, 0.3) is 0 Å². The van der Waals surface area contributed by atoms with Gasteiger partial charge in [-0.05, 0) is 25.3 Å². The topological polar surface area (TPSA) is 73.6 Å². The monoisotopic (exact) mass is 292 g/mol. The van der Waals surface area contributed by atoms with Crippen LogP contribution in [0.4, 0.5) is 0 Å². The zero-order chi connectivity index (χ0) is 15.1. The molecule has 3 N–H and O–H groups in total. The van der Waals surface area contributed by atoms with E-state index in [2.05, 4.69) is 5.32 Å². The van der Waals surface area contributed by atoms with Gasteiger partial charge in [0.15, 0.2) is 0 Å². The van der Waals surface area contributed by atoms with Gasteiger partial charge in [0.2, 0.25) is 5.91 Å². The first-order chi connectivity index (χ1) is 10.2. The van der Waals surface area contributed by atoms with Crippen LogP contribution in [0.25, 0.3) is 0 Å². The van der Waals surface area contributed by atoms with E-state index in [4.69, 9.17) is 15.2 Å². The fraction of sp³-hybridized carbons (Fsp3) is 0.562. The minimum absolute atomic E-state index is 0.131. The van der Waals surface area contributed by atoms with Crippen LogP contribution in [-0.4, -0.2) is 37.9 Å². The molecule has 5 heteroatoms. The Morgan fingerprint density at radius 3 is 2.90 bits per heavy atom. The number of ether oxygens (including phenoxy) is 2. The molecule has 0 aliphatic carbocycles. The molecular weight excluding hydrogens is 268 g/mol. The average molecular weight is 292 g/mol. The van der Waals surface area contributed by atoms with E-state index >= 15 is 0 Å². The number of carbonyl (C=O) groups excluding carboxylic acids is 1. The van der Waals surface area contributed by atoms with Gasteiger partial charge in [0.1, 0.15) is 6.10 Å². The molecule has 1 aliphatic heterocycles. The van der Waals surface area contributed by atoms with Crippen LogP contribution in [0.2, 0.25) is 0 Å². The van der Waals surface area contributed by atoms with Crippen LogP contribution < -0.4 is 11.1 Å². The molecule has 1 aliphatic rings. The first-order valence-electron chi connectivity index (χ1n) is 7.48. The zero-order valence-corrected chi connectivity index (χ0v) is 12.5. The molecule has 21 heavy (non-hydrogen) atoms. The van der Waals surface area contributed by atoms with E-state index < -0.39 is 6.10 Å². The molecule has 3 unspecified atom stereocenters. The van der Waals surface area contributed by atoms with Crippen molar-refractivity contribution in [3.05, 3.63) is 35.9 Å². The predicted molar refractivity (Wildman–Crippen MR) is 80.8 cm³/mol. The highest BCUT2D eigenvalue weighted by Crippen LogP contribution is 2.13. The van der Waals surface area contributed by atoms with Gasteiger partial charge in [-0.25, -0.2) is 0 Å². The summed E-state index contributed by atoms with van der Waals surface area (Å²) in [7, 11) is 0. The summed E-state index contributed by atoms with van der Waals surface area (Å²) in [4.78, 5) is 12.0. The van der Waals surface area contributed by atoms with E-state index in [0.717, 1.165) is 25.0 Å². The highest BCUT2D eigenvalue weighted by molar-refractivity contribution is 5.80. The lowest BCUT2D eigenvalue weighted by atomic mass is 10.1. The molecule has 0 spiro atoms. The number of rotatable bonds is 7. The summed E-state index contributed by atoms with van der Waals surface area (Å²) in [6, 6.07) is 9.51. The van der Waals surface area contributed by atoms with Crippen LogP contribution in [0.15, 0.2) is 30.3 Å². The Kier molecular flexibility index (Phi) is 6.17. The normalized spacial score (nSPS) is 21.0. The molecule has 1 amide bonds. The first kappa shape index (κ1) is 15.9. The smallest absolute Gasteiger partial charge is 0.248 e. The Balaban J connectivity index is 1.68. The van der Waals surface area contributed by atoms with Gasteiger partial charge >= 0.3 is 0 Å². The van der Waals surface area contributed by atoms with Gasteiger partial charge in [0, 0.05) is 19.2 Å². The number of benzene rings is 1. The summed E-state index contributed by atoms with van der Waals surface area (Å²) >= 11 is 0. The molecule has 2 rings (SSSR count). The van der Waals surface area contributed by atoms with Crippen LogP contribution in [0.3, 0.4) is 0 Å². The Hall–Kier alpha value is -1.43. The summed E-state index contributed by atoms with van der Waals surface area (Å²) < 4.78 is 11.0. The quantitative estimate of drug-likeness (QED) is 0.796. The maximum absolute atomic E-state index is 12.0. The predicted octanol–water partition coefficient (Wildman–Crippen LogP) is 1.39. The molecule has 0 aromatic heterocycles. The van der Waals surface area contributed by atoms with Crippen LogP contribution in [0, 0.1) is 0 Å². The number of amides is 1. The van der Waals surface area contributed by atoms with E-state index in [1.54, 1.807) is 6.92 Å². The van der Waals surface area contributed by atoms with Crippen molar-refractivity contribution in [3.8, 4) is 0 Å². The number of hydrogen-bond donors (Lipinski definition) is 2. The number of hydrogen-bond acceptors (Lipinski definition) is 4. The van der Waals surface area contributed by atoms with Crippen molar-refractivity contribution >= 4 is 5.91 Å². The largest absolute Gasteiger partial charge is 0.376 e. The molecule has 116 valence electrons. The van der Waals surface area contributed by atoms with Crippen molar-refractivity contribution in [2.75, 3.05) is 19.8 Å². The molecule has 3 atom stereocenters. The van der Waals surface area contributed by atoms with Crippen LogP contribution >= 0.6 is 0 Å². The van der Waals surface area contributed by atoms with E-state index in [1.807, 2.05) is 30.3 Å². The zero-order valence-electron chi connectivity index (χ0n) is 12.5. The van der Waals surface area contributed by atoms with Crippen molar-refractivity contribution in [2.45, 2.75) is 38.0 Å². The van der Waals surface area contributed by atoms with Gasteiger partial charge in [0.05, 0.1) is 12.7 Å². The van der Waals surface area contributed by atoms with Crippen molar-refractivity contribution in [2.24, 2.45) is 5.73 Å². The maximum Gasteiger partial charge on any atom is 0.248 e. The van der Waals surface area contributed by atoms with Crippen molar-refractivity contribution in [3.63, 3.8) is 0 Å². The summed E-state index contributed by atoms with van der Waals surface area (Å²) in [6.07, 6.45) is 1.72. The third-order valence-corrected chi connectivity index (χ3v) is 3.65. The summed E-state index contributed by atoms with van der Waals surface area (Å²) in [6.45, 7) is 3.41. The molecule has 0 bridgehead atoms. The van der Waals surface area contributed by atoms with Gasteiger partial charge in [-0.3, -0.25) is 4.79 Å². The van der Waals surface area contributed by atoms with Crippen molar-refractivity contribution < 1.29 is 14.3 Å². The molecular formula is C16H24N2O3. The van der Waals surface area contributed by atoms with Gasteiger partial charge in [-0.1, -0.05) is 30.3 Å². The Bertz CT molecular complexity index is 432. The number of nitrogens with one attached hydrogen (secondary N) is 1. The summed E-state index contributed by atoms with van der Waals surface area (Å²) in [5.74, 6) is -0.139. The van der Waals surface area contributed by atoms with Gasteiger partial charge < -0.3 is 20.5 Å². The Labute approximate surface area is 125 Å². The van der Waals surface area contributed by atoms with Crippen LogP contribution in [-0.2, 0) is 14.3 Å². The lowest BCUT2D eigenvalue weighted by Crippen LogP contribution is -2.39. The average Bonchev–Trinajstić information content (AvgIpc) is 3.04. The molecule has 1 aromatic carbocycles. The fourth-order valence-electron chi connectivity index (χ4n) is 2.28. The van der Waals surface area contributed by atoms with Crippen molar-refractivity contribution in [1.29, 1.82) is 0 Å². The standard InChI is InChI=1S/C16H24N2O3/c1-12(21-11-14-8-5-9-20-14)16(19)18-10-15(17)13-6-3-2-4-7-13/h2-4,6-7,12,14-15H,5,8-11,17H2,1H3,(H,18,19). The molecule has 1 aromatic rings. The Morgan fingerprint density at radius 1 is 1.48 bits per heavy atom. The minimum Gasteiger partial charge on any atom is -0.376 e. The fourth-order valence-corrected chi connectivity index (χ4v) is 2.28. The second-order valence-electron chi connectivity index (χ2n) is 5.37. The third-order valence-electron chi connectivity index (χ3n) is 3.65. The third kappa shape index (κ3) is 5.12. The second kappa shape index (κ2) is 8.12. The maximum atomic E-state index is 12.0. The summed E-state index contributed by atoms with van der Waals surface area (Å²) in [5.41, 5.74) is 7.05. The lowest BCUT2D eigenvalue weighted by Gasteiger charge is -2.18. The van der Waals surface area contributed by atoms with E-state index in [0.29, 0.717) is 13.2 Å². The second-order valence-corrected chi connectivity index (χ2v) is 5.37. The van der Waals surface area contributed by atoms with Gasteiger partial charge in [-0.15, -0.1) is 0 Å². The lowest BCUT2D eigenvalue weighted by molar-refractivity contribution is -0.133. The minimum atomic E-state index is -0.489. The summed E-state index contributed by atoms with van der Waals surface area (Å²) in [5, 5.41) is 2.83. The molecule has 0 radical (unpaired) electrons. The van der Waals surface area contributed by atoms with E-state index in [1.165, 1.54) is 0 Å². The van der Waals surface area contributed by atoms with Gasteiger partial charge in [-0.2, -0.15) is 0 Å². The molecule has 5 nitrogen and oxygen atoms in total. The first-order valence-corrected chi connectivity index (χ1v) is 7.48. The molecule has 1 fully saturated rings.